The standard InChI is InChI=1S/C20H18N2O3/c1-12-4-7-18-17(8-12)19(23)16(11-25-18)10-21-22-20(24)15-6-5-13(2)14(3)9-15/h4-11H,1-3H3,(H,22,24)/b21-10-. The average Bonchev–Trinajstić information content (AvgIpc) is 2.59. The predicted molar refractivity (Wildman–Crippen MR) is 98.2 cm³/mol. The van der Waals surface area contributed by atoms with Crippen LogP contribution < -0.4 is 10.9 Å². The minimum absolute atomic E-state index is 0.186. The zero-order valence-electron chi connectivity index (χ0n) is 14.3. The van der Waals surface area contributed by atoms with Gasteiger partial charge in [0.2, 0.25) is 5.43 Å². The molecule has 2 aromatic carbocycles. The first-order valence-electron chi connectivity index (χ1n) is 7.88. The molecule has 0 atom stereocenters. The van der Waals surface area contributed by atoms with Crippen molar-refractivity contribution in [2.45, 2.75) is 20.8 Å². The Hall–Kier alpha value is -3.21. The van der Waals surface area contributed by atoms with Crippen LogP contribution in [0.2, 0.25) is 0 Å². The van der Waals surface area contributed by atoms with Gasteiger partial charge in [-0.15, -0.1) is 0 Å². The summed E-state index contributed by atoms with van der Waals surface area (Å²) < 4.78 is 5.45. The Morgan fingerprint density at radius 1 is 1.08 bits per heavy atom. The molecule has 1 heterocycles. The number of nitrogens with one attached hydrogen (secondary N) is 1. The van der Waals surface area contributed by atoms with Gasteiger partial charge in [-0.3, -0.25) is 9.59 Å². The van der Waals surface area contributed by atoms with Crippen LogP contribution in [-0.2, 0) is 0 Å². The number of carbonyl (C=O) groups is 1. The van der Waals surface area contributed by atoms with Crippen molar-refractivity contribution in [3.63, 3.8) is 0 Å². The number of aryl methyl sites for hydroxylation is 3. The summed E-state index contributed by atoms with van der Waals surface area (Å²) in [4.78, 5) is 24.6. The van der Waals surface area contributed by atoms with Crippen LogP contribution in [0.15, 0.2) is 57.0 Å². The minimum atomic E-state index is -0.333. The lowest BCUT2D eigenvalue weighted by atomic mass is 10.1. The van der Waals surface area contributed by atoms with Gasteiger partial charge in [-0.25, -0.2) is 5.43 Å². The van der Waals surface area contributed by atoms with Gasteiger partial charge in [0.15, 0.2) is 0 Å². The van der Waals surface area contributed by atoms with E-state index in [9.17, 15) is 9.59 Å². The molecule has 0 bridgehead atoms. The van der Waals surface area contributed by atoms with E-state index in [2.05, 4.69) is 10.5 Å². The molecule has 5 heteroatoms. The van der Waals surface area contributed by atoms with Gasteiger partial charge in [0.05, 0.1) is 17.2 Å². The largest absolute Gasteiger partial charge is 0.463 e. The minimum Gasteiger partial charge on any atom is -0.463 e. The highest BCUT2D eigenvalue weighted by molar-refractivity contribution is 5.95. The summed E-state index contributed by atoms with van der Waals surface area (Å²) >= 11 is 0. The molecule has 25 heavy (non-hydrogen) atoms. The fourth-order valence-electron chi connectivity index (χ4n) is 2.46. The Balaban J connectivity index is 1.81. The molecule has 0 spiro atoms. The summed E-state index contributed by atoms with van der Waals surface area (Å²) in [5, 5.41) is 4.37. The molecule has 0 saturated heterocycles. The van der Waals surface area contributed by atoms with Crippen LogP contribution in [-0.4, -0.2) is 12.1 Å². The fourth-order valence-corrected chi connectivity index (χ4v) is 2.46. The lowest BCUT2D eigenvalue weighted by Crippen LogP contribution is -2.18. The molecule has 1 amide bonds. The highest BCUT2D eigenvalue weighted by Crippen LogP contribution is 2.13. The van der Waals surface area contributed by atoms with E-state index in [-0.39, 0.29) is 16.9 Å². The Morgan fingerprint density at radius 2 is 1.88 bits per heavy atom. The van der Waals surface area contributed by atoms with E-state index in [1.54, 1.807) is 24.3 Å². The molecule has 0 fully saturated rings. The van der Waals surface area contributed by atoms with Crippen molar-refractivity contribution in [1.82, 2.24) is 5.43 Å². The van der Waals surface area contributed by atoms with Gasteiger partial charge >= 0.3 is 0 Å². The molecule has 1 N–H and O–H groups in total. The summed E-state index contributed by atoms with van der Waals surface area (Å²) in [6.45, 7) is 5.83. The summed E-state index contributed by atoms with van der Waals surface area (Å²) in [5.74, 6) is -0.333. The molecule has 126 valence electrons. The number of hydrogen-bond donors (Lipinski definition) is 1. The summed E-state index contributed by atoms with van der Waals surface area (Å²) in [7, 11) is 0. The molecule has 0 unspecified atom stereocenters. The van der Waals surface area contributed by atoms with E-state index in [1.807, 2.05) is 32.9 Å². The second-order valence-corrected chi connectivity index (χ2v) is 6.02. The smallest absolute Gasteiger partial charge is 0.271 e. The van der Waals surface area contributed by atoms with Crippen molar-refractivity contribution in [3.05, 3.63) is 80.7 Å². The van der Waals surface area contributed by atoms with Crippen LogP contribution in [0.1, 0.15) is 32.6 Å². The van der Waals surface area contributed by atoms with Crippen LogP contribution in [0.4, 0.5) is 0 Å². The third-order valence-corrected chi connectivity index (χ3v) is 4.09. The molecule has 1 aromatic heterocycles. The van der Waals surface area contributed by atoms with Crippen LogP contribution in [0.5, 0.6) is 0 Å². The topological polar surface area (TPSA) is 71.7 Å². The van der Waals surface area contributed by atoms with Crippen molar-refractivity contribution in [2.24, 2.45) is 5.10 Å². The monoisotopic (exact) mass is 334 g/mol. The van der Waals surface area contributed by atoms with Crippen LogP contribution in [0.3, 0.4) is 0 Å². The molecule has 0 aliphatic heterocycles. The Morgan fingerprint density at radius 3 is 2.64 bits per heavy atom. The third-order valence-electron chi connectivity index (χ3n) is 4.09. The van der Waals surface area contributed by atoms with Gasteiger partial charge in [-0.1, -0.05) is 17.7 Å². The Labute approximate surface area is 145 Å². The van der Waals surface area contributed by atoms with E-state index in [1.165, 1.54) is 12.5 Å². The van der Waals surface area contributed by atoms with E-state index in [0.717, 1.165) is 16.7 Å². The van der Waals surface area contributed by atoms with Crippen molar-refractivity contribution >= 4 is 23.1 Å². The Bertz CT molecular complexity index is 1050. The van der Waals surface area contributed by atoms with Crippen molar-refractivity contribution in [3.8, 4) is 0 Å². The van der Waals surface area contributed by atoms with Gasteiger partial charge in [0.1, 0.15) is 11.8 Å². The highest BCUT2D eigenvalue weighted by atomic mass is 16.3. The van der Waals surface area contributed by atoms with Crippen molar-refractivity contribution in [2.75, 3.05) is 0 Å². The maximum Gasteiger partial charge on any atom is 0.271 e. The van der Waals surface area contributed by atoms with Gasteiger partial charge in [-0.2, -0.15) is 5.10 Å². The normalized spacial score (nSPS) is 11.2. The number of nitrogens with zero attached hydrogens (tertiary/aromatic N) is 1. The van der Waals surface area contributed by atoms with Crippen LogP contribution in [0, 0.1) is 20.8 Å². The molecule has 0 saturated carbocycles. The zero-order chi connectivity index (χ0) is 18.0. The van der Waals surface area contributed by atoms with Gasteiger partial charge < -0.3 is 4.42 Å². The summed E-state index contributed by atoms with van der Waals surface area (Å²) in [6.07, 6.45) is 2.64. The van der Waals surface area contributed by atoms with E-state index < -0.39 is 0 Å². The van der Waals surface area contributed by atoms with Crippen molar-refractivity contribution < 1.29 is 9.21 Å². The predicted octanol–water partition coefficient (Wildman–Crippen LogP) is 3.48. The molecule has 3 rings (SSSR count). The first-order chi connectivity index (χ1) is 12.0. The van der Waals surface area contributed by atoms with Gasteiger partial charge in [0.25, 0.3) is 5.91 Å². The van der Waals surface area contributed by atoms with E-state index in [0.29, 0.717) is 16.5 Å². The molecule has 0 aliphatic rings. The Kier molecular flexibility index (Phi) is 4.48. The number of hydrogen-bond acceptors (Lipinski definition) is 4. The first-order valence-corrected chi connectivity index (χ1v) is 7.88. The number of fused-ring (bicyclic) bond motifs is 1. The van der Waals surface area contributed by atoms with Crippen LogP contribution in [0.25, 0.3) is 11.0 Å². The number of benzene rings is 2. The lowest BCUT2D eigenvalue weighted by molar-refractivity contribution is 0.0955. The molecule has 0 radical (unpaired) electrons. The zero-order valence-corrected chi connectivity index (χ0v) is 14.3. The van der Waals surface area contributed by atoms with E-state index in [4.69, 9.17) is 4.42 Å². The number of rotatable bonds is 3. The fraction of sp³-hybridized carbons (Fsp3) is 0.150. The average molecular weight is 334 g/mol. The number of hydrazone groups is 1. The third kappa shape index (κ3) is 3.50. The number of carbonyl (C=O) groups excluding carboxylic acids is 1. The van der Waals surface area contributed by atoms with Crippen LogP contribution >= 0.6 is 0 Å². The second-order valence-electron chi connectivity index (χ2n) is 6.02. The first kappa shape index (κ1) is 16.6. The number of amides is 1. The molecule has 5 nitrogen and oxygen atoms in total. The molecule has 0 aliphatic carbocycles. The van der Waals surface area contributed by atoms with Gasteiger partial charge in [-0.05, 0) is 56.2 Å². The lowest BCUT2D eigenvalue weighted by Gasteiger charge is -2.03. The SMILES string of the molecule is Cc1ccc2occ(/C=N\NC(=O)c3ccc(C)c(C)c3)c(=O)c2c1. The highest BCUT2D eigenvalue weighted by Gasteiger charge is 2.07. The van der Waals surface area contributed by atoms with Gasteiger partial charge in [0, 0.05) is 5.56 Å². The van der Waals surface area contributed by atoms with E-state index >= 15 is 0 Å². The summed E-state index contributed by atoms with van der Waals surface area (Å²) in [6, 6.07) is 10.8. The molecular formula is C20H18N2O3. The van der Waals surface area contributed by atoms with Crippen molar-refractivity contribution in [1.29, 1.82) is 0 Å². The second kappa shape index (κ2) is 6.73. The quantitative estimate of drug-likeness (QED) is 0.589. The maximum absolute atomic E-state index is 12.4. The molecular weight excluding hydrogens is 316 g/mol. The molecule has 3 aromatic rings. The maximum atomic E-state index is 12.4. The summed E-state index contributed by atoms with van der Waals surface area (Å²) in [5.41, 5.74) is 6.67.